The first-order valence-electron chi connectivity index (χ1n) is 9.03. The number of hydrogen-bond acceptors (Lipinski definition) is 7. The number of benzene rings is 1. The van der Waals surface area contributed by atoms with E-state index in [1.807, 2.05) is 0 Å². The van der Waals surface area contributed by atoms with Gasteiger partial charge >= 0.3 is 0 Å². The van der Waals surface area contributed by atoms with Gasteiger partial charge in [0.05, 0.1) is 18.3 Å². The fourth-order valence-electron chi connectivity index (χ4n) is 2.85. The van der Waals surface area contributed by atoms with Crippen molar-refractivity contribution in [2.24, 2.45) is 0 Å². The summed E-state index contributed by atoms with van der Waals surface area (Å²) < 4.78 is 7.14. The fraction of sp³-hybridized carbons (Fsp3) is 0.150. The van der Waals surface area contributed by atoms with Gasteiger partial charge in [-0.05, 0) is 24.3 Å². The normalized spacial score (nSPS) is 10.8. The zero-order valence-electron chi connectivity index (χ0n) is 15.9. The molecule has 0 saturated carbocycles. The van der Waals surface area contributed by atoms with Crippen molar-refractivity contribution in [3.05, 3.63) is 64.0 Å². The number of carbonyl (C=O) groups is 2. The number of para-hydroxylation sites is 1. The lowest BCUT2D eigenvalue weighted by Gasteiger charge is -2.08. The van der Waals surface area contributed by atoms with Gasteiger partial charge in [-0.2, -0.15) is 5.10 Å². The molecule has 0 aliphatic heterocycles. The molecule has 0 unspecified atom stereocenters. The Morgan fingerprint density at radius 2 is 2.03 bits per heavy atom. The summed E-state index contributed by atoms with van der Waals surface area (Å²) in [5.41, 5.74) is 0.974. The highest BCUT2D eigenvalue weighted by molar-refractivity contribution is 7.14. The Kier molecular flexibility index (Phi) is 5.40. The summed E-state index contributed by atoms with van der Waals surface area (Å²) in [6, 6.07) is 10.5. The van der Waals surface area contributed by atoms with E-state index in [-0.39, 0.29) is 23.8 Å². The van der Waals surface area contributed by atoms with E-state index >= 15 is 0 Å². The van der Waals surface area contributed by atoms with Crippen LogP contribution in [0.2, 0.25) is 0 Å². The Balaban J connectivity index is 1.44. The van der Waals surface area contributed by atoms with Crippen LogP contribution in [0.15, 0.2) is 57.2 Å². The van der Waals surface area contributed by atoms with Crippen LogP contribution in [0.3, 0.4) is 0 Å². The largest absolute Gasteiger partial charge is 0.458 e. The van der Waals surface area contributed by atoms with Crippen LogP contribution in [0.5, 0.6) is 0 Å². The quantitative estimate of drug-likeness (QED) is 0.491. The van der Waals surface area contributed by atoms with Crippen molar-refractivity contribution in [3.63, 3.8) is 0 Å². The van der Waals surface area contributed by atoms with Crippen LogP contribution >= 0.6 is 11.3 Å². The highest BCUT2D eigenvalue weighted by Gasteiger charge is 2.13. The molecule has 0 fully saturated rings. The van der Waals surface area contributed by atoms with Crippen LogP contribution in [0, 0.1) is 0 Å². The third-order valence-corrected chi connectivity index (χ3v) is 4.99. The van der Waals surface area contributed by atoms with E-state index in [9.17, 15) is 14.4 Å². The molecular formula is C20H17N5O4S. The molecule has 0 bridgehead atoms. The van der Waals surface area contributed by atoms with E-state index in [4.69, 9.17) is 4.42 Å². The van der Waals surface area contributed by atoms with E-state index in [0.717, 1.165) is 0 Å². The standard InChI is InChI=1S/C20H17N5O4S/c1-12(26)21-8-13-6-7-18(29-13)15-11-30-20(23-15)24-19(28)10-25-16-5-3-2-4-14(16)17(27)9-22-25/h2-7,9,11H,8,10H2,1H3,(H,21,26)(H,23,24,28). The van der Waals surface area contributed by atoms with Gasteiger partial charge in [0.2, 0.25) is 17.2 Å². The monoisotopic (exact) mass is 423 g/mol. The minimum atomic E-state index is -0.317. The summed E-state index contributed by atoms with van der Waals surface area (Å²) in [7, 11) is 0. The van der Waals surface area contributed by atoms with Crippen molar-refractivity contribution < 1.29 is 14.0 Å². The number of hydrogen-bond donors (Lipinski definition) is 2. The maximum Gasteiger partial charge on any atom is 0.247 e. The molecule has 0 saturated heterocycles. The number of fused-ring (bicyclic) bond motifs is 1. The van der Waals surface area contributed by atoms with Crippen LogP contribution in [0.1, 0.15) is 12.7 Å². The van der Waals surface area contributed by atoms with Crippen LogP contribution in [-0.4, -0.2) is 26.6 Å². The van der Waals surface area contributed by atoms with Gasteiger partial charge in [-0.1, -0.05) is 12.1 Å². The number of aromatic nitrogens is 3. The maximum absolute atomic E-state index is 12.5. The second-order valence-corrected chi connectivity index (χ2v) is 7.30. The molecule has 4 aromatic rings. The smallest absolute Gasteiger partial charge is 0.247 e. The van der Waals surface area contributed by atoms with Gasteiger partial charge in [0.25, 0.3) is 0 Å². The lowest BCUT2D eigenvalue weighted by molar-refractivity contribution is -0.119. The third kappa shape index (κ3) is 4.28. The number of carbonyl (C=O) groups excluding carboxylic acids is 2. The summed E-state index contributed by atoms with van der Waals surface area (Å²) in [5, 5.41) is 12.1. The summed E-state index contributed by atoms with van der Waals surface area (Å²) in [4.78, 5) is 39.7. The molecule has 0 aliphatic carbocycles. The minimum Gasteiger partial charge on any atom is -0.458 e. The molecule has 4 rings (SSSR count). The van der Waals surface area contributed by atoms with Gasteiger partial charge in [-0.15, -0.1) is 11.3 Å². The molecule has 152 valence electrons. The SMILES string of the molecule is CC(=O)NCc1ccc(-c2csc(NC(=O)Cn3ncc(=O)c4ccccc43)n2)o1. The van der Waals surface area contributed by atoms with Crippen LogP contribution in [0.4, 0.5) is 5.13 Å². The second-order valence-electron chi connectivity index (χ2n) is 6.45. The lowest BCUT2D eigenvalue weighted by atomic mass is 10.2. The van der Waals surface area contributed by atoms with E-state index in [1.54, 1.807) is 41.8 Å². The molecule has 3 heterocycles. The van der Waals surface area contributed by atoms with Crippen LogP contribution in [-0.2, 0) is 22.7 Å². The number of nitrogens with one attached hydrogen (secondary N) is 2. The molecule has 0 atom stereocenters. The van der Waals surface area contributed by atoms with Gasteiger partial charge in [0.15, 0.2) is 10.9 Å². The molecule has 30 heavy (non-hydrogen) atoms. The molecule has 2 N–H and O–H groups in total. The first kappa shape index (κ1) is 19.5. The second kappa shape index (κ2) is 8.29. The van der Waals surface area contributed by atoms with Crippen molar-refractivity contribution in [2.45, 2.75) is 20.0 Å². The number of furan rings is 1. The molecular weight excluding hydrogens is 406 g/mol. The zero-order chi connectivity index (χ0) is 21.1. The fourth-order valence-corrected chi connectivity index (χ4v) is 3.56. The van der Waals surface area contributed by atoms with Crippen LogP contribution < -0.4 is 16.1 Å². The van der Waals surface area contributed by atoms with Crippen molar-refractivity contribution in [1.82, 2.24) is 20.1 Å². The van der Waals surface area contributed by atoms with E-state index in [0.29, 0.717) is 39.8 Å². The Labute approximate surface area is 174 Å². The van der Waals surface area contributed by atoms with Crippen molar-refractivity contribution in [1.29, 1.82) is 0 Å². The van der Waals surface area contributed by atoms with E-state index in [2.05, 4.69) is 20.7 Å². The van der Waals surface area contributed by atoms with Crippen molar-refractivity contribution in [2.75, 3.05) is 5.32 Å². The number of anilines is 1. The molecule has 9 nitrogen and oxygen atoms in total. The van der Waals surface area contributed by atoms with Gasteiger partial charge < -0.3 is 15.1 Å². The predicted octanol–water partition coefficient (Wildman–Crippen LogP) is 2.39. The third-order valence-electron chi connectivity index (χ3n) is 4.23. The molecule has 0 spiro atoms. The van der Waals surface area contributed by atoms with Gasteiger partial charge in [0, 0.05) is 17.7 Å². The van der Waals surface area contributed by atoms with E-state index < -0.39 is 0 Å². The Morgan fingerprint density at radius 3 is 2.87 bits per heavy atom. The minimum absolute atomic E-state index is 0.0582. The zero-order valence-corrected chi connectivity index (χ0v) is 16.7. The maximum atomic E-state index is 12.5. The summed E-state index contributed by atoms with van der Waals surface area (Å²) in [5.74, 6) is 0.690. The topological polar surface area (TPSA) is 119 Å². The predicted molar refractivity (Wildman–Crippen MR) is 112 cm³/mol. The Morgan fingerprint density at radius 1 is 1.20 bits per heavy atom. The lowest BCUT2D eigenvalue weighted by Crippen LogP contribution is -2.22. The first-order valence-corrected chi connectivity index (χ1v) is 9.91. The highest BCUT2D eigenvalue weighted by Crippen LogP contribution is 2.26. The highest BCUT2D eigenvalue weighted by atomic mass is 32.1. The van der Waals surface area contributed by atoms with Crippen LogP contribution in [0.25, 0.3) is 22.4 Å². The Hall–Kier alpha value is -3.79. The molecule has 3 aromatic heterocycles. The van der Waals surface area contributed by atoms with Gasteiger partial charge in [-0.25, -0.2) is 4.98 Å². The number of nitrogens with zero attached hydrogens (tertiary/aromatic N) is 3. The van der Waals surface area contributed by atoms with Crippen molar-refractivity contribution in [3.8, 4) is 11.5 Å². The van der Waals surface area contributed by atoms with Gasteiger partial charge in [-0.3, -0.25) is 19.1 Å². The summed E-state index contributed by atoms with van der Waals surface area (Å²) in [6.07, 6.45) is 1.20. The molecule has 10 heteroatoms. The number of thiazole rings is 1. The first-order chi connectivity index (χ1) is 14.5. The van der Waals surface area contributed by atoms with Crippen molar-refractivity contribution >= 4 is 39.2 Å². The summed E-state index contributed by atoms with van der Waals surface area (Å²) >= 11 is 1.26. The molecule has 0 aliphatic rings. The van der Waals surface area contributed by atoms with E-state index in [1.165, 1.54) is 29.1 Å². The molecule has 2 amide bonds. The average molecular weight is 423 g/mol. The Bertz CT molecular complexity index is 1290. The summed E-state index contributed by atoms with van der Waals surface area (Å²) in [6.45, 7) is 1.67. The molecule has 0 radical (unpaired) electrons. The number of rotatable bonds is 6. The van der Waals surface area contributed by atoms with Gasteiger partial charge in [0.1, 0.15) is 18.0 Å². The molecule has 1 aromatic carbocycles. The average Bonchev–Trinajstić information content (AvgIpc) is 3.38. The number of amides is 2.